The van der Waals surface area contributed by atoms with Gasteiger partial charge in [0.15, 0.2) is 0 Å². The summed E-state index contributed by atoms with van der Waals surface area (Å²) >= 11 is 0. The molecular formula is C19H23NO2. The Morgan fingerprint density at radius 2 is 1.73 bits per heavy atom. The number of amides is 1. The van der Waals surface area contributed by atoms with Crippen LogP contribution < -0.4 is 5.32 Å². The fraction of sp³-hybridized carbons (Fsp3) is 0.316. The lowest BCUT2D eigenvalue weighted by Gasteiger charge is -2.14. The smallest absolute Gasteiger partial charge is 0.251 e. The van der Waals surface area contributed by atoms with Gasteiger partial charge in [-0.15, -0.1) is 0 Å². The molecule has 0 aliphatic rings. The van der Waals surface area contributed by atoms with Crippen LogP contribution in [-0.2, 0) is 4.74 Å². The number of carbonyl (C=O) groups excluding carboxylic acids is 1. The molecular weight excluding hydrogens is 274 g/mol. The molecule has 0 saturated heterocycles. The Balaban J connectivity index is 2.26. The zero-order valence-electron chi connectivity index (χ0n) is 13.6. The van der Waals surface area contributed by atoms with Crippen LogP contribution in [0.2, 0.25) is 0 Å². The van der Waals surface area contributed by atoms with Crippen LogP contribution in [0, 0.1) is 13.8 Å². The number of benzene rings is 2. The van der Waals surface area contributed by atoms with E-state index >= 15 is 0 Å². The average molecular weight is 297 g/mol. The Bertz CT molecular complexity index is 647. The van der Waals surface area contributed by atoms with Gasteiger partial charge in [0.05, 0.1) is 6.61 Å². The van der Waals surface area contributed by atoms with Crippen LogP contribution in [0.4, 0.5) is 0 Å². The van der Waals surface area contributed by atoms with Crippen LogP contribution in [0.25, 0.3) is 11.1 Å². The molecule has 2 aromatic rings. The molecule has 0 aliphatic heterocycles. The van der Waals surface area contributed by atoms with Gasteiger partial charge in [-0.2, -0.15) is 0 Å². The third kappa shape index (κ3) is 4.18. The average Bonchev–Trinajstić information content (AvgIpc) is 2.47. The second-order valence-corrected chi connectivity index (χ2v) is 5.78. The number of ether oxygens (including phenoxy) is 1. The predicted molar refractivity (Wildman–Crippen MR) is 90.2 cm³/mol. The molecule has 0 aromatic heterocycles. The molecule has 0 bridgehead atoms. The summed E-state index contributed by atoms with van der Waals surface area (Å²) in [4.78, 5) is 12.4. The number of methoxy groups -OCH3 is 1. The SMILES string of the molecule is COCC(C)NC(=O)c1cc(C)cc(-c2ccc(C)cc2)c1. The Morgan fingerprint density at radius 1 is 1.05 bits per heavy atom. The highest BCUT2D eigenvalue weighted by molar-refractivity contribution is 5.96. The maximum atomic E-state index is 12.4. The summed E-state index contributed by atoms with van der Waals surface area (Å²) in [6.07, 6.45) is 0. The monoisotopic (exact) mass is 297 g/mol. The van der Waals surface area contributed by atoms with E-state index in [1.807, 2.05) is 26.0 Å². The van der Waals surface area contributed by atoms with Gasteiger partial charge >= 0.3 is 0 Å². The van der Waals surface area contributed by atoms with Crippen molar-refractivity contribution in [1.29, 1.82) is 0 Å². The Labute approximate surface area is 132 Å². The molecule has 0 aliphatic carbocycles. The van der Waals surface area contributed by atoms with Gasteiger partial charge in [-0.25, -0.2) is 0 Å². The first-order chi connectivity index (χ1) is 10.5. The molecule has 1 unspecified atom stereocenters. The quantitative estimate of drug-likeness (QED) is 0.913. The molecule has 0 spiro atoms. The number of aryl methyl sites for hydroxylation is 2. The first-order valence-corrected chi connectivity index (χ1v) is 7.48. The van der Waals surface area contributed by atoms with E-state index in [1.54, 1.807) is 7.11 Å². The van der Waals surface area contributed by atoms with Crippen molar-refractivity contribution >= 4 is 5.91 Å². The Hall–Kier alpha value is -2.13. The number of rotatable bonds is 5. The van der Waals surface area contributed by atoms with Crippen molar-refractivity contribution in [3.63, 3.8) is 0 Å². The summed E-state index contributed by atoms with van der Waals surface area (Å²) < 4.78 is 5.05. The summed E-state index contributed by atoms with van der Waals surface area (Å²) in [6.45, 7) is 6.50. The van der Waals surface area contributed by atoms with Gasteiger partial charge in [0.2, 0.25) is 0 Å². The third-order valence-electron chi connectivity index (χ3n) is 3.52. The van der Waals surface area contributed by atoms with E-state index in [4.69, 9.17) is 4.74 Å². The Morgan fingerprint density at radius 3 is 2.36 bits per heavy atom. The topological polar surface area (TPSA) is 38.3 Å². The largest absolute Gasteiger partial charge is 0.383 e. The minimum atomic E-state index is -0.0680. The fourth-order valence-corrected chi connectivity index (χ4v) is 2.43. The van der Waals surface area contributed by atoms with Crippen LogP contribution >= 0.6 is 0 Å². The maximum absolute atomic E-state index is 12.4. The van der Waals surface area contributed by atoms with Crippen molar-refractivity contribution in [3.05, 3.63) is 59.2 Å². The van der Waals surface area contributed by atoms with E-state index in [0.717, 1.165) is 16.7 Å². The lowest BCUT2D eigenvalue weighted by molar-refractivity contribution is 0.0905. The molecule has 0 heterocycles. The molecule has 22 heavy (non-hydrogen) atoms. The number of carbonyl (C=O) groups is 1. The van der Waals surface area contributed by atoms with E-state index in [9.17, 15) is 4.79 Å². The minimum Gasteiger partial charge on any atom is -0.383 e. The molecule has 3 heteroatoms. The molecule has 116 valence electrons. The van der Waals surface area contributed by atoms with E-state index in [2.05, 4.69) is 42.6 Å². The third-order valence-corrected chi connectivity index (χ3v) is 3.52. The summed E-state index contributed by atoms with van der Waals surface area (Å²) in [5.41, 5.74) is 5.15. The standard InChI is InChI=1S/C19H23NO2/c1-13-5-7-16(8-6-13)17-9-14(2)10-18(11-17)19(21)20-15(3)12-22-4/h5-11,15H,12H2,1-4H3,(H,20,21). The molecule has 0 fully saturated rings. The molecule has 2 aromatic carbocycles. The number of hydrogen-bond donors (Lipinski definition) is 1. The molecule has 3 nitrogen and oxygen atoms in total. The van der Waals surface area contributed by atoms with Gasteiger partial charge in [-0.3, -0.25) is 4.79 Å². The second kappa shape index (κ2) is 7.23. The highest BCUT2D eigenvalue weighted by Gasteiger charge is 2.11. The maximum Gasteiger partial charge on any atom is 0.251 e. The van der Waals surface area contributed by atoms with Gasteiger partial charge in [0.1, 0.15) is 0 Å². The second-order valence-electron chi connectivity index (χ2n) is 5.78. The Kier molecular flexibility index (Phi) is 5.34. The first kappa shape index (κ1) is 16.2. The van der Waals surface area contributed by atoms with Crippen LogP contribution in [0.5, 0.6) is 0 Å². The van der Waals surface area contributed by atoms with Gasteiger partial charge in [-0.1, -0.05) is 35.9 Å². The lowest BCUT2D eigenvalue weighted by Crippen LogP contribution is -2.35. The van der Waals surface area contributed by atoms with Crippen LogP contribution in [0.3, 0.4) is 0 Å². The van der Waals surface area contributed by atoms with Crippen molar-refractivity contribution in [2.45, 2.75) is 26.8 Å². The van der Waals surface area contributed by atoms with Crippen molar-refractivity contribution in [2.24, 2.45) is 0 Å². The van der Waals surface area contributed by atoms with Crippen molar-refractivity contribution in [2.75, 3.05) is 13.7 Å². The van der Waals surface area contributed by atoms with E-state index in [0.29, 0.717) is 12.2 Å². The van der Waals surface area contributed by atoms with Crippen LogP contribution in [0.1, 0.15) is 28.4 Å². The number of hydrogen-bond acceptors (Lipinski definition) is 2. The van der Waals surface area contributed by atoms with Crippen molar-refractivity contribution in [1.82, 2.24) is 5.32 Å². The summed E-state index contributed by atoms with van der Waals surface area (Å²) in [6, 6.07) is 14.3. The van der Waals surface area contributed by atoms with Gasteiger partial charge in [-0.05, 0) is 49.6 Å². The normalized spacial score (nSPS) is 12.0. The predicted octanol–water partition coefficient (Wildman–Crippen LogP) is 3.74. The number of nitrogens with one attached hydrogen (secondary N) is 1. The van der Waals surface area contributed by atoms with Crippen molar-refractivity contribution < 1.29 is 9.53 Å². The van der Waals surface area contributed by atoms with Crippen LogP contribution in [0.15, 0.2) is 42.5 Å². The molecule has 2 rings (SSSR count). The summed E-state index contributed by atoms with van der Waals surface area (Å²) in [5, 5.41) is 2.95. The summed E-state index contributed by atoms with van der Waals surface area (Å²) in [7, 11) is 1.63. The van der Waals surface area contributed by atoms with Gasteiger partial charge in [0, 0.05) is 18.7 Å². The lowest BCUT2D eigenvalue weighted by atomic mass is 9.99. The van der Waals surface area contributed by atoms with Gasteiger partial charge < -0.3 is 10.1 Å². The highest BCUT2D eigenvalue weighted by atomic mass is 16.5. The van der Waals surface area contributed by atoms with E-state index in [-0.39, 0.29) is 11.9 Å². The molecule has 1 atom stereocenters. The van der Waals surface area contributed by atoms with Gasteiger partial charge in [0.25, 0.3) is 5.91 Å². The molecule has 0 radical (unpaired) electrons. The fourth-order valence-electron chi connectivity index (χ4n) is 2.43. The zero-order valence-corrected chi connectivity index (χ0v) is 13.6. The first-order valence-electron chi connectivity index (χ1n) is 7.48. The zero-order chi connectivity index (χ0) is 16.1. The molecule has 1 amide bonds. The van der Waals surface area contributed by atoms with E-state index in [1.165, 1.54) is 5.56 Å². The molecule has 0 saturated carbocycles. The van der Waals surface area contributed by atoms with Crippen molar-refractivity contribution in [3.8, 4) is 11.1 Å². The minimum absolute atomic E-state index is 0.0131. The van der Waals surface area contributed by atoms with Crippen LogP contribution in [-0.4, -0.2) is 25.7 Å². The van der Waals surface area contributed by atoms with E-state index < -0.39 is 0 Å². The molecule has 1 N–H and O–H groups in total. The summed E-state index contributed by atoms with van der Waals surface area (Å²) in [5.74, 6) is -0.0680. The highest BCUT2D eigenvalue weighted by Crippen LogP contribution is 2.23.